The Morgan fingerprint density at radius 2 is 1.73 bits per heavy atom. The van der Waals surface area contributed by atoms with Crippen LogP contribution in [0, 0.1) is 0 Å². The zero-order chi connectivity index (χ0) is 15.7. The molecule has 1 aromatic heterocycles. The summed E-state index contributed by atoms with van der Waals surface area (Å²) < 4.78 is 37.3. The quantitative estimate of drug-likeness (QED) is 0.942. The maximum absolute atomic E-state index is 12.4. The summed E-state index contributed by atoms with van der Waals surface area (Å²) in [5.41, 5.74) is 0.500. The van der Waals surface area contributed by atoms with E-state index in [2.05, 4.69) is 15.5 Å². The number of rotatable bonds is 3. The Kier molecular flexibility index (Phi) is 3.56. The molecule has 1 fully saturated rings. The van der Waals surface area contributed by atoms with Crippen LogP contribution in [0.25, 0.3) is 0 Å². The summed E-state index contributed by atoms with van der Waals surface area (Å²) in [5.74, 6) is -0.0610. The van der Waals surface area contributed by atoms with Gasteiger partial charge < -0.3 is 5.32 Å². The molecule has 3 rings (SSSR count). The van der Waals surface area contributed by atoms with E-state index in [9.17, 15) is 18.0 Å². The smallest absolute Gasteiger partial charge is 0.321 e. The van der Waals surface area contributed by atoms with Crippen LogP contribution in [0.1, 0.15) is 40.5 Å². The number of halogens is 3. The Bertz CT molecular complexity index is 677. The van der Waals surface area contributed by atoms with E-state index >= 15 is 0 Å². The Hall–Kier alpha value is -2.44. The van der Waals surface area contributed by atoms with Crippen LogP contribution in [-0.4, -0.2) is 16.1 Å². The van der Waals surface area contributed by atoms with Gasteiger partial charge in [0.05, 0.1) is 11.3 Å². The first-order valence-electron chi connectivity index (χ1n) is 6.76. The van der Waals surface area contributed by atoms with Crippen molar-refractivity contribution in [2.45, 2.75) is 24.9 Å². The third kappa shape index (κ3) is 3.24. The second-order valence-electron chi connectivity index (χ2n) is 5.15. The lowest BCUT2D eigenvalue weighted by Crippen LogP contribution is -2.15. The largest absolute Gasteiger partial charge is 0.416 e. The van der Waals surface area contributed by atoms with Gasteiger partial charge in [0.15, 0.2) is 5.69 Å². The zero-order valence-corrected chi connectivity index (χ0v) is 11.4. The van der Waals surface area contributed by atoms with Crippen molar-refractivity contribution in [3.8, 4) is 0 Å². The van der Waals surface area contributed by atoms with E-state index in [4.69, 9.17) is 0 Å². The number of hydrogen-bond acceptors (Lipinski definition) is 3. The Morgan fingerprint density at radius 3 is 2.23 bits per heavy atom. The van der Waals surface area contributed by atoms with Crippen LogP contribution in [0.3, 0.4) is 0 Å². The summed E-state index contributed by atoms with van der Waals surface area (Å²) in [6, 6.07) is 7.56. The SMILES string of the molecule is O=C(Nc1ccc(C(F)(F)F)cc1)c1ccc(C2CC2)nn1. The molecular weight excluding hydrogens is 295 g/mol. The molecular formula is C15H12F3N3O. The van der Waals surface area contributed by atoms with Crippen molar-refractivity contribution >= 4 is 11.6 Å². The van der Waals surface area contributed by atoms with Crippen LogP contribution >= 0.6 is 0 Å². The van der Waals surface area contributed by atoms with Crippen molar-refractivity contribution in [2.24, 2.45) is 0 Å². The predicted molar refractivity (Wildman–Crippen MR) is 73.4 cm³/mol. The highest BCUT2D eigenvalue weighted by Gasteiger charge is 2.30. The summed E-state index contributed by atoms with van der Waals surface area (Å²) in [4.78, 5) is 12.0. The van der Waals surface area contributed by atoms with Crippen molar-refractivity contribution in [1.29, 1.82) is 0 Å². The van der Waals surface area contributed by atoms with Crippen molar-refractivity contribution in [3.05, 3.63) is 53.3 Å². The Morgan fingerprint density at radius 1 is 1.05 bits per heavy atom. The number of anilines is 1. The van der Waals surface area contributed by atoms with E-state index in [1.165, 1.54) is 12.1 Å². The molecule has 1 amide bonds. The summed E-state index contributed by atoms with van der Waals surface area (Å²) in [7, 11) is 0. The van der Waals surface area contributed by atoms with Crippen molar-refractivity contribution in [1.82, 2.24) is 10.2 Å². The van der Waals surface area contributed by atoms with Gasteiger partial charge in [-0.3, -0.25) is 4.79 Å². The molecule has 1 aliphatic carbocycles. The number of benzene rings is 1. The van der Waals surface area contributed by atoms with Crippen LogP contribution in [0.4, 0.5) is 18.9 Å². The molecule has 4 nitrogen and oxygen atoms in total. The van der Waals surface area contributed by atoms with E-state index in [1.54, 1.807) is 12.1 Å². The fourth-order valence-electron chi connectivity index (χ4n) is 2.00. The third-order valence-electron chi connectivity index (χ3n) is 3.38. The first-order chi connectivity index (χ1) is 10.4. The van der Waals surface area contributed by atoms with Crippen LogP contribution < -0.4 is 5.32 Å². The van der Waals surface area contributed by atoms with E-state index in [0.717, 1.165) is 30.7 Å². The molecule has 0 unspecified atom stereocenters. The van der Waals surface area contributed by atoms with Crippen molar-refractivity contribution in [3.63, 3.8) is 0 Å². The second kappa shape index (κ2) is 5.40. The number of alkyl halides is 3. The van der Waals surface area contributed by atoms with Gasteiger partial charge in [0.1, 0.15) is 0 Å². The highest BCUT2D eigenvalue weighted by atomic mass is 19.4. The predicted octanol–water partition coefficient (Wildman–Crippen LogP) is 3.63. The number of nitrogens with one attached hydrogen (secondary N) is 1. The molecule has 0 aliphatic heterocycles. The van der Waals surface area contributed by atoms with Crippen LogP contribution in [-0.2, 0) is 6.18 Å². The van der Waals surface area contributed by atoms with Crippen molar-refractivity contribution in [2.75, 3.05) is 5.32 Å². The highest BCUT2D eigenvalue weighted by Crippen LogP contribution is 2.38. The molecule has 2 aromatic rings. The molecule has 1 N–H and O–H groups in total. The molecule has 0 atom stereocenters. The Balaban J connectivity index is 1.68. The number of nitrogens with zero attached hydrogens (tertiary/aromatic N) is 2. The average molecular weight is 307 g/mol. The minimum atomic E-state index is -4.40. The van der Waals surface area contributed by atoms with Crippen molar-refractivity contribution < 1.29 is 18.0 Å². The normalized spacial score (nSPS) is 14.7. The topological polar surface area (TPSA) is 54.9 Å². The first kappa shape index (κ1) is 14.5. The molecule has 22 heavy (non-hydrogen) atoms. The van der Waals surface area contributed by atoms with Crippen LogP contribution in [0.2, 0.25) is 0 Å². The van der Waals surface area contributed by atoms with E-state index < -0.39 is 17.6 Å². The van der Waals surface area contributed by atoms with Gasteiger partial charge in [-0.25, -0.2) is 0 Å². The van der Waals surface area contributed by atoms with Gasteiger partial charge in [-0.05, 0) is 49.2 Å². The third-order valence-corrected chi connectivity index (χ3v) is 3.38. The number of aromatic nitrogens is 2. The molecule has 0 spiro atoms. The van der Waals surface area contributed by atoms with Gasteiger partial charge in [-0.15, -0.1) is 5.10 Å². The Labute approximate surface area is 124 Å². The summed E-state index contributed by atoms with van der Waals surface area (Å²) in [6.45, 7) is 0. The standard InChI is InChI=1S/C15H12F3N3O/c16-15(17,18)10-3-5-11(6-4-10)19-14(22)13-8-7-12(20-21-13)9-1-2-9/h3-9H,1-2H2,(H,19,22). The minimum Gasteiger partial charge on any atom is -0.321 e. The molecule has 0 radical (unpaired) electrons. The van der Waals surface area contributed by atoms with E-state index in [-0.39, 0.29) is 11.4 Å². The van der Waals surface area contributed by atoms with Gasteiger partial charge >= 0.3 is 6.18 Å². The fourth-order valence-corrected chi connectivity index (χ4v) is 2.00. The van der Waals surface area contributed by atoms with Crippen LogP contribution in [0.15, 0.2) is 36.4 Å². The van der Waals surface area contributed by atoms with E-state index in [1.807, 2.05) is 0 Å². The minimum absolute atomic E-state index is 0.129. The molecule has 7 heteroatoms. The molecule has 1 heterocycles. The fraction of sp³-hybridized carbons (Fsp3) is 0.267. The number of carbonyl (C=O) groups is 1. The van der Waals surface area contributed by atoms with Gasteiger partial charge in [-0.1, -0.05) is 0 Å². The number of hydrogen-bond donors (Lipinski definition) is 1. The summed E-state index contributed by atoms with van der Waals surface area (Å²) in [6.07, 6.45) is -2.22. The zero-order valence-electron chi connectivity index (χ0n) is 11.4. The molecule has 0 saturated heterocycles. The molecule has 1 saturated carbocycles. The average Bonchev–Trinajstić information content (AvgIpc) is 3.32. The molecule has 0 bridgehead atoms. The summed E-state index contributed by atoms with van der Waals surface area (Å²) >= 11 is 0. The van der Waals surface area contributed by atoms with Gasteiger partial charge in [0, 0.05) is 11.6 Å². The second-order valence-corrected chi connectivity index (χ2v) is 5.15. The van der Waals surface area contributed by atoms with E-state index in [0.29, 0.717) is 5.92 Å². The summed E-state index contributed by atoms with van der Waals surface area (Å²) in [5, 5.41) is 10.3. The lowest BCUT2D eigenvalue weighted by molar-refractivity contribution is -0.137. The highest BCUT2D eigenvalue weighted by molar-refractivity contribution is 6.02. The number of carbonyl (C=O) groups excluding carboxylic acids is 1. The lowest BCUT2D eigenvalue weighted by atomic mass is 10.2. The molecule has 114 valence electrons. The lowest BCUT2D eigenvalue weighted by Gasteiger charge is -2.08. The first-order valence-corrected chi connectivity index (χ1v) is 6.76. The van der Waals surface area contributed by atoms with Gasteiger partial charge in [-0.2, -0.15) is 18.3 Å². The molecule has 1 aliphatic rings. The van der Waals surface area contributed by atoms with Crippen LogP contribution in [0.5, 0.6) is 0 Å². The maximum Gasteiger partial charge on any atom is 0.416 e. The van der Waals surface area contributed by atoms with Gasteiger partial charge in [0.2, 0.25) is 0 Å². The maximum atomic E-state index is 12.4. The number of amides is 1. The molecule has 1 aromatic carbocycles. The van der Waals surface area contributed by atoms with Gasteiger partial charge in [0.25, 0.3) is 5.91 Å². The monoisotopic (exact) mass is 307 g/mol.